The number of aromatic nitrogens is 1. The van der Waals surface area contributed by atoms with Gasteiger partial charge in [-0.05, 0) is 42.6 Å². The molecule has 4 nitrogen and oxygen atoms in total. The average molecular weight is 490 g/mol. The van der Waals surface area contributed by atoms with E-state index in [4.69, 9.17) is 4.98 Å². The Morgan fingerprint density at radius 1 is 0.882 bits per heavy atom. The van der Waals surface area contributed by atoms with Gasteiger partial charge in [0.1, 0.15) is 0 Å². The van der Waals surface area contributed by atoms with Gasteiger partial charge in [0.15, 0.2) is 5.13 Å². The molecule has 34 heavy (non-hydrogen) atoms. The second kappa shape index (κ2) is 11.6. The Balaban J connectivity index is 1.79. The van der Waals surface area contributed by atoms with Crippen LogP contribution in [0.5, 0.6) is 0 Å². The van der Waals surface area contributed by atoms with Gasteiger partial charge < -0.3 is 4.90 Å². The zero-order valence-electron chi connectivity index (χ0n) is 20.0. The number of thioether (sulfide) groups is 1. The summed E-state index contributed by atoms with van der Waals surface area (Å²) in [5.74, 6) is -0.319. The van der Waals surface area contributed by atoms with Crippen LogP contribution >= 0.6 is 23.1 Å². The van der Waals surface area contributed by atoms with Gasteiger partial charge in [-0.15, -0.1) is 11.8 Å². The summed E-state index contributed by atoms with van der Waals surface area (Å²) in [5.41, 5.74) is 2.97. The maximum Gasteiger partial charge on any atom is 0.240 e. The highest BCUT2D eigenvalue weighted by Crippen LogP contribution is 2.36. The van der Waals surface area contributed by atoms with Gasteiger partial charge in [0, 0.05) is 18.0 Å². The minimum Gasteiger partial charge on any atom is -0.302 e. The highest BCUT2D eigenvalue weighted by Gasteiger charge is 2.30. The largest absolute Gasteiger partial charge is 0.302 e. The van der Waals surface area contributed by atoms with E-state index in [0.29, 0.717) is 6.54 Å². The van der Waals surface area contributed by atoms with Crippen LogP contribution < -0.4 is 4.90 Å². The number of hydrogen-bond acceptors (Lipinski definition) is 5. The summed E-state index contributed by atoms with van der Waals surface area (Å²) in [6.45, 7) is 7.64. The SMILES string of the molecule is CCN(CC)CCN(C(=O)C(c1ccccc1)c1ccccc1)c1nc2c(SC)cccc2s1. The van der Waals surface area contributed by atoms with Crippen LogP contribution in [0.4, 0.5) is 5.13 Å². The number of likely N-dealkylation sites (N-methyl/N-ethyl adjacent to an activating group) is 1. The molecule has 3 aromatic carbocycles. The van der Waals surface area contributed by atoms with E-state index in [9.17, 15) is 4.79 Å². The zero-order chi connectivity index (χ0) is 23.9. The van der Waals surface area contributed by atoms with Crippen molar-refractivity contribution in [3.63, 3.8) is 0 Å². The van der Waals surface area contributed by atoms with Crippen molar-refractivity contribution in [3.05, 3.63) is 90.0 Å². The van der Waals surface area contributed by atoms with Crippen LogP contribution in [0, 0.1) is 0 Å². The summed E-state index contributed by atoms with van der Waals surface area (Å²) in [4.78, 5) is 24.7. The molecule has 0 fully saturated rings. The first-order valence-electron chi connectivity index (χ1n) is 11.7. The van der Waals surface area contributed by atoms with E-state index < -0.39 is 0 Å². The molecule has 0 radical (unpaired) electrons. The standard InChI is InChI=1S/C28H31N3OS2/c1-4-30(5-2)19-20-31(28-29-26-23(33-3)17-12-18-24(26)34-28)27(32)25(21-13-8-6-9-14-21)22-15-10-7-11-16-22/h6-18,25H,4-5,19-20H2,1-3H3. The molecular formula is C28H31N3OS2. The summed E-state index contributed by atoms with van der Waals surface area (Å²) >= 11 is 3.29. The van der Waals surface area contributed by atoms with Crippen molar-refractivity contribution in [1.29, 1.82) is 0 Å². The number of carbonyl (C=O) groups excluding carboxylic acids is 1. The lowest BCUT2D eigenvalue weighted by molar-refractivity contribution is -0.119. The molecule has 0 aliphatic rings. The van der Waals surface area contributed by atoms with Gasteiger partial charge in [0.2, 0.25) is 5.91 Å². The van der Waals surface area contributed by atoms with E-state index in [1.54, 1.807) is 23.1 Å². The van der Waals surface area contributed by atoms with Gasteiger partial charge in [0.05, 0.1) is 16.1 Å². The van der Waals surface area contributed by atoms with Gasteiger partial charge in [-0.2, -0.15) is 0 Å². The Morgan fingerprint density at radius 2 is 1.50 bits per heavy atom. The summed E-state index contributed by atoms with van der Waals surface area (Å²) in [7, 11) is 0. The molecule has 1 amide bonds. The van der Waals surface area contributed by atoms with Crippen molar-refractivity contribution in [2.45, 2.75) is 24.7 Å². The van der Waals surface area contributed by atoms with Crippen LogP contribution in [0.2, 0.25) is 0 Å². The van der Waals surface area contributed by atoms with Crippen molar-refractivity contribution in [2.75, 3.05) is 37.3 Å². The number of amides is 1. The Kier molecular flexibility index (Phi) is 8.38. The second-order valence-electron chi connectivity index (χ2n) is 8.07. The molecule has 4 rings (SSSR count). The van der Waals surface area contributed by atoms with Gasteiger partial charge in [0.25, 0.3) is 0 Å². The molecule has 4 aromatic rings. The first-order valence-corrected chi connectivity index (χ1v) is 13.8. The summed E-state index contributed by atoms with van der Waals surface area (Å²) in [6, 6.07) is 26.4. The Labute approximate surface area is 210 Å². The quantitative estimate of drug-likeness (QED) is 0.238. The number of anilines is 1. The third-order valence-electron chi connectivity index (χ3n) is 6.13. The Hall–Kier alpha value is -2.67. The maximum absolute atomic E-state index is 14.3. The number of rotatable bonds is 10. The third-order valence-corrected chi connectivity index (χ3v) is 7.95. The van der Waals surface area contributed by atoms with Crippen molar-refractivity contribution in [2.24, 2.45) is 0 Å². The van der Waals surface area contributed by atoms with E-state index in [1.807, 2.05) is 65.6 Å². The molecular weight excluding hydrogens is 458 g/mol. The fraction of sp³-hybridized carbons (Fsp3) is 0.286. The lowest BCUT2D eigenvalue weighted by Gasteiger charge is -2.28. The number of hydrogen-bond donors (Lipinski definition) is 0. The van der Waals surface area contributed by atoms with Crippen LogP contribution in [0.25, 0.3) is 10.2 Å². The molecule has 1 heterocycles. The molecule has 1 aromatic heterocycles. The van der Waals surface area contributed by atoms with Crippen LogP contribution in [-0.2, 0) is 4.79 Å². The number of fused-ring (bicyclic) bond motifs is 1. The molecule has 6 heteroatoms. The Bertz CT molecular complexity index is 1170. The van der Waals surface area contributed by atoms with Crippen molar-refractivity contribution in [1.82, 2.24) is 9.88 Å². The minimum absolute atomic E-state index is 0.0642. The van der Waals surface area contributed by atoms with Gasteiger partial charge in [-0.1, -0.05) is 91.9 Å². The fourth-order valence-electron chi connectivity index (χ4n) is 4.20. The van der Waals surface area contributed by atoms with Gasteiger partial charge in [-0.25, -0.2) is 4.98 Å². The van der Waals surface area contributed by atoms with Crippen LogP contribution in [0.1, 0.15) is 30.9 Å². The highest BCUT2D eigenvalue weighted by atomic mass is 32.2. The normalized spacial score (nSPS) is 11.4. The summed E-state index contributed by atoms with van der Waals surface area (Å²) in [6.07, 6.45) is 2.07. The van der Waals surface area contributed by atoms with Gasteiger partial charge in [-0.3, -0.25) is 9.69 Å². The predicted molar refractivity (Wildman–Crippen MR) is 146 cm³/mol. The maximum atomic E-state index is 14.3. The molecule has 176 valence electrons. The molecule has 0 unspecified atom stereocenters. The number of nitrogens with zero attached hydrogens (tertiary/aromatic N) is 3. The number of carbonyl (C=O) groups is 1. The molecule has 0 aliphatic heterocycles. The lowest BCUT2D eigenvalue weighted by Crippen LogP contribution is -2.41. The monoisotopic (exact) mass is 489 g/mol. The number of benzene rings is 3. The second-order valence-corrected chi connectivity index (χ2v) is 9.93. The van der Waals surface area contributed by atoms with Crippen LogP contribution in [0.15, 0.2) is 83.8 Å². The summed E-state index contributed by atoms with van der Waals surface area (Å²) in [5, 5.41) is 0.769. The first kappa shape index (κ1) is 24.5. The average Bonchev–Trinajstić information content (AvgIpc) is 3.32. The van der Waals surface area contributed by atoms with Crippen molar-refractivity contribution in [3.8, 4) is 0 Å². The molecule has 0 saturated heterocycles. The van der Waals surface area contributed by atoms with E-state index in [0.717, 1.165) is 51.0 Å². The van der Waals surface area contributed by atoms with E-state index >= 15 is 0 Å². The number of thiazole rings is 1. The molecule has 0 aliphatic carbocycles. The fourth-order valence-corrected chi connectivity index (χ4v) is 5.85. The van der Waals surface area contributed by atoms with Crippen molar-refractivity contribution < 1.29 is 4.79 Å². The topological polar surface area (TPSA) is 36.4 Å². The molecule has 0 N–H and O–H groups in total. The van der Waals surface area contributed by atoms with Crippen molar-refractivity contribution >= 4 is 44.4 Å². The van der Waals surface area contributed by atoms with Crippen LogP contribution in [0.3, 0.4) is 0 Å². The third kappa shape index (κ3) is 5.35. The lowest BCUT2D eigenvalue weighted by atomic mass is 9.90. The molecule has 0 spiro atoms. The first-order chi connectivity index (χ1) is 16.7. The summed E-state index contributed by atoms with van der Waals surface area (Å²) < 4.78 is 1.11. The minimum atomic E-state index is -0.383. The molecule has 0 atom stereocenters. The Morgan fingerprint density at radius 3 is 2.06 bits per heavy atom. The van der Waals surface area contributed by atoms with E-state index in [2.05, 4.69) is 43.2 Å². The molecule has 0 saturated carbocycles. The predicted octanol–water partition coefficient (Wildman–Crippen LogP) is 6.53. The van der Waals surface area contributed by atoms with E-state index in [1.165, 1.54) is 0 Å². The zero-order valence-corrected chi connectivity index (χ0v) is 21.6. The van der Waals surface area contributed by atoms with Crippen LogP contribution in [-0.4, -0.2) is 48.2 Å². The van der Waals surface area contributed by atoms with Gasteiger partial charge >= 0.3 is 0 Å². The number of para-hydroxylation sites is 1. The van der Waals surface area contributed by atoms with E-state index in [-0.39, 0.29) is 11.8 Å². The molecule has 0 bridgehead atoms. The smallest absolute Gasteiger partial charge is 0.240 e. The highest BCUT2D eigenvalue weighted by molar-refractivity contribution is 7.98.